The third-order valence-electron chi connectivity index (χ3n) is 5.29. The van der Waals surface area contributed by atoms with Crippen molar-refractivity contribution in [2.75, 3.05) is 44.8 Å². The first kappa shape index (κ1) is 20.5. The van der Waals surface area contributed by atoms with E-state index < -0.39 is 0 Å². The second-order valence-electron chi connectivity index (χ2n) is 7.34. The molecule has 1 amide bonds. The van der Waals surface area contributed by atoms with Crippen molar-refractivity contribution < 1.29 is 14.3 Å². The molecule has 1 aromatic heterocycles. The number of hydrogen-bond acceptors (Lipinski definition) is 6. The highest BCUT2D eigenvalue weighted by atomic mass is 32.1. The minimum Gasteiger partial charge on any atom is -0.497 e. The van der Waals surface area contributed by atoms with E-state index in [1.54, 1.807) is 18.4 Å². The van der Waals surface area contributed by atoms with Crippen molar-refractivity contribution in [3.05, 3.63) is 48.0 Å². The van der Waals surface area contributed by atoms with Gasteiger partial charge in [0.2, 0.25) is 0 Å². The van der Waals surface area contributed by atoms with E-state index in [1.165, 1.54) is 0 Å². The van der Waals surface area contributed by atoms with E-state index in [-0.39, 0.29) is 5.91 Å². The summed E-state index contributed by atoms with van der Waals surface area (Å²) in [4.78, 5) is 21.8. The van der Waals surface area contributed by atoms with Crippen molar-refractivity contribution in [2.24, 2.45) is 0 Å². The summed E-state index contributed by atoms with van der Waals surface area (Å²) >= 11 is 1.67. The maximum atomic E-state index is 12.9. The second kappa shape index (κ2) is 9.34. The Hall–Kier alpha value is -2.80. The smallest absolute Gasteiger partial charge is 0.253 e. The number of nitrogens with zero attached hydrogens (tertiary/aromatic N) is 3. The average molecular weight is 426 g/mol. The Kier molecular flexibility index (Phi) is 6.38. The van der Waals surface area contributed by atoms with Crippen LogP contribution in [-0.2, 0) is 0 Å². The third-order valence-corrected chi connectivity index (χ3v) is 6.37. The van der Waals surface area contributed by atoms with Gasteiger partial charge in [-0.1, -0.05) is 24.7 Å². The summed E-state index contributed by atoms with van der Waals surface area (Å²) in [6.07, 6.45) is 2.14. The van der Waals surface area contributed by atoms with Crippen molar-refractivity contribution in [1.82, 2.24) is 9.88 Å². The maximum absolute atomic E-state index is 12.9. The fourth-order valence-corrected chi connectivity index (χ4v) is 4.51. The van der Waals surface area contributed by atoms with Crippen molar-refractivity contribution in [3.63, 3.8) is 0 Å². The number of ether oxygens (including phenoxy) is 2. The molecule has 1 aliphatic rings. The highest BCUT2D eigenvalue weighted by molar-refractivity contribution is 7.22. The maximum Gasteiger partial charge on any atom is 0.253 e. The lowest BCUT2D eigenvalue weighted by molar-refractivity contribution is 0.0746. The molecule has 30 heavy (non-hydrogen) atoms. The van der Waals surface area contributed by atoms with Gasteiger partial charge in [-0.3, -0.25) is 4.79 Å². The van der Waals surface area contributed by atoms with Crippen LogP contribution in [-0.4, -0.2) is 55.7 Å². The van der Waals surface area contributed by atoms with Crippen LogP contribution in [0.25, 0.3) is 10.2 Å². The molecule has 0 radical (unpaired) electrons. The van der Waals surface area contributed by atoms with Gasteiger partial charge in [0.05, 0.1) is 23.9 Å². The summed E-state index contributed by atoms with van der Waals surface area (Å²) in [7, 11) is 1.67. The van der Waals surface area contributed by atoms with Crippen LogP contribution in [0.3, 0.4) is 0 Å². The molecule has 1 saturated heterocycles. The van der Waals surface area contributed by atoms with Crippen molar-refractivity contribution in [1.29, 1.82) is 0 Å². The van der Waals surface area contributed by atoms with Gasteiger partial charge in [0.1, 0.15) is 11.5 Å². The molecule has 7 heteroatoms. The molecule has 0 N–H and O–H groups in total. The first-order valence-corrected chi connectivity index (χ1v) is 11.2. The van der Waals surface area contributed by atoms with Crippen molar-refractivity contribution >= 4 is 32.6 Å². The normalized spacial score (nSPS) is 14.2. The molecule has 1 fully saturated rings. The number of thiazole rings is 1. The van der Waals surface area contributed by atoms with Crippen LogP contribution in [0.4, 0.5) is 5.13 Å². The molecule has 0 unspecified atom stereocenters. The number of methoxy groups -OCH3 is 1. The van der Waals surface area contributed by atoms with Crippen molar-refractivity contribution in [3.8, 4) is 11.5 Å². The Labute approximate surface area is 181 Å². The summed E-state index contributed by atoms with van der Waals surface area (Å²) in [5, 5.41) is 0.999. The number of benzene rings is 2. The molecule has 3 aromatic rings. The number of carbonyl (C=O) groups is 1. The molecule has 2 aromatic carbocycles. The number of rotatable bonds is 7. The first-order valence-electron chi connectivity index (χ1n) is 10.4. The summed E-state index contributed by atoms with van der Waals surface area (Å²) in [6, 6.07) is 13.4. The molecular formula is C23H27N3O3S. The van der Waals surface area contributed by atoms with Gasteiger partial charge < -0.3 is 19.3 Å². The van der Waals surface area contributed by atoms with Crippen LogP contribution in [0.1, 0.15) is 30.1 Å². The highest BCUT2D eigenvalue weighted by Gasteiger charge is 2.24. The zero-order valence-corrected chi connectivity index (χ0v) is 18.3. The fourth-order valence-electron chi connectivity index (χ4n) is 3.47. The zero-order valence-electron chi connectivity index (χ0n) is 17.5. The molecular weight excluding hydrogens is 398 g/mol. The van der Waals surface area contributed by atoms with Crippen LogP contribution in [0.5, 0.6) is 11.5 Å². The molecule has 0 aliphatic carbocycles. The number of amides is 1. The van der Waals surface area contributed by atoms with Crippen LogP contribution in [0.15, 0.2) is 42.5 Å². The van der Waals surface area contributed by atoms with Crippen LogP contribution < -0.4 is 14.4 Å². The van der Waals surface area contributed by atoms with E-state index in [4.69, 9.17) is 14.5 Å². The molecule has 4 rings (SSSR count). The molecule has 0 atom stereocenters. The van der Waals surface area contributed by atoms with Gasteiger partial charge in [-0.25, -0.2) is 4.98 Å². The van der Waals surface area contributed by atoms with E-state index in [2.05, 4.69) is 11.8 Å². The number of fused-ring (bicyclic) bond motifs is 1. The Morgan fingerprint density at radius 3 is 2.50 bits per heavy atom. The first-order chi connectivity index (χ1) is 14.7. The lowest BCUT2D eigenvalue weighted by atomic mass is 10.1. The van der Waals surface area contributed by atoms with Crippen LogP contribution in [0.2, 0.25) is 0 Å². The Morgan fingerprint density at radius 1 is 1.07 bits per heavy atom. The van der Waals surface area contributed by atoms with E-state index in [1.807, 2.05) is 47.4 Å². The lowest BCUT2D eigenvalue weighted by Gasteiger charge is -2.34. The second-order valence-corrected chi connectivity index (χ2v) is 8.34. The summed E-state index contributed by atoms with van der Waals surface area (Å²) < 4.78 is 12.1. The van der Waals surface area contributed by atoms with Gasteiger partial charge in [0, 0.05) is 31.7 Å². The van der Waals surface area contributed by atoms with E-state index in [9.17, 15) is 4.79 Å². The molecule has 2 heterocycles. The number of hydrogen-bond donors (Lipinski definition) is 0. The van der Waals surface area contributed by atoms with Crippen LogP contribution >= 0.6 is 11.3 Å². The quantitative estimate of drug-likeness (QED) is 0.524. The standard InChI is InChI=1S/C23H27N3O3S/c1-3-4-15-29-18-7-5-17(6-8-18)22(27)25-11-13-26(14-12-25)23-24-20-10-9-19(28-2)16-21(20)30-23/h5-10,16H,3-4,11-15H2,1-2H3. The molecule has 0 saturated carbocycles. The van der Waals surface area contributed by atoms with E-state index >= 15 is 0 Å². The Morgan fingerprint density at radius 2 is 1.80 bits per heavy atom. The number of aromatic nitrogens is 1. The number of carbonyl (C=O) groups excluding carboxylic acids is 1. The molecule has 158 valence electrons. The summed E-state index contributed by atoms with van der Waals surface area (Å²) in [6.45, 7) is 5.78. The number of piperazine rings is 1. The van der Waals surface area contributed by atoms with E-state index in [0.717, 1.165) is 52.8 Å². The van der Waals surface area contributed by atoms with Gasteiger partial charge in [-0.05, 0) is 48.9 Å². The van der Waals surface area contributed by atoms with Gasteiger partial charge in [-0.2, -0.15) is 0 Å². The fraction of sp³-hybridized carbons (Fsp3) is 0.391. The minimum atomic E-state index is 0.0730. The van der Waals surface area contributed by atoms with Crippen molar-refractivity contribution in [2.45, 2.75) is 19.8 Å². The van der Waals surface area contributed by atoms with E-state index in [0.29, 0.717) is 25.3 Å². The van der Waals surface area contributed by atoms with Gasteiger partial charge in [0.15, 0.2) is 5.13 Å². The summed E-state index contributed by atoms with van der Waals surface area (Å²) in [5.74, 6) is 1.73. The number of anilines is 1. The molecule has 6 nitrogen and oxygen atoms in total. The Bertz CT molecular complexity index is 995. The zero-order chi connectivity index (χ0) is 20.9. The van der Waals surface area contributed by atoms with Crippen LogP contribution in [0, 0.1) is 0 Å². The largest absolute Gasteiger partial charge is 0.497 e. The van der Waals surface area contributed by atoms with Gasteiger partial charge in [0.25, 0.3) is 5.91 Å². The van der Waals surface area contributed by atoms with Gasteiger partial charge >= 0.3 is 0 Å². The Balaban J connectivity index is 1.35. The topological polar surface area (TPSA) is 54.9 Å². The monoisotopic (exact) mass is 425 g/mol. The minimum absolute atomic E-state index is 0.0730. The number of unbranched alkanes of at least 4 members (excludes halogenated alkanes) is 1. The lowest BCUT2D eigenvalue weighted by Crippen LogP contribution is -2.48. The molecule has 0 bridgehead atoms. The molecule has 0 spiro atoms. The average Bonchev–Trinajstić information content (AvgIpc) is 3.22. The summed E-state index contributed by atoms with van der Waals surface area (Å²) in [5.41, 5.74) is 1.69. The van der Waals surface area contributed by atoms with Gasteiger partial charge in [-0.15, -0.1) is 0 Å². The SMILES string of the molecule is CCCCOc1ccc(C(=O)N2CCN(c3nc4ccc(OC)cc4s3)CC2)cc1. The predicted molar refractivity (Wildman–Crippen MR) is 121 cm³/mol. The predicted octanol–water partition coefficient (Wildman–Crippen LogP) is 4.45. The highest BCUT2D eigenvalue weighted by Crippen LogP contribution is 2.32. The third kappa shape index (κ3) is 4.51. The molecule has 1 aliphatic heterocycles.